The molecule has 0 spiro atoms. The van der Waals surface area contributed by atoms with E-state index in [4.69, 9.17) is 4.74 Å². The lowest BCUT2D eigenvalue weighted by Gasteiger charge is -2.22. The van der Waals surface area contributed by atoms with Crippen molar-refractivity contribution < 1.29 is 13.9 Å². The molecule has 4 nitrogen and oxygen atoms in total. The van der Waals surface area contributed by atoms with Crippen LogP contribution in [0.1, 0.15) is 29.6 Å². The van der Waals surface area contributed by atoms with Crippen molar-refractivity contribution in [3.63, 3.8) is 0 Å². The number of rotatable bonds is 5. The molecule has 118 valence electrons. The molecule has 1 aliphatic rings. The number of hydrogen-bond acceptors (Lipinski definition) is 3. The van der Waals surface area contributed by atoms with Crippen molar-refractivity contribution in [1.29, 1.82) is 0 Å². The Morgan fingerprint density at radius 1 is 1.52 bits per heavy atom. The molecule has 1 fully saturated rings. The second kappa shape index (κ2) is 8.85. The van der Waals surface area contributed by atoms with Crippen LogP contribution in [0.3, 0.4) is 0 Å². The molecular formula is C15H22ClFN2O2. The van der Waals surface area contributed by atoms with Crippen molar-refractivity contribution in [2.45, 2.75) is 19.3 Å². The van der Waals surface area contributed by atoms with Crippen LogP contribution in [0.2, 0.25) is 0 Å². The van der Waals surface area contributed by atoms with E-state index in [0.29, 0.717) is 18.0 Å². The lowest BCUT2D eigenvalue weighted by Crippen LogP contribution is -2.33. The molecule has 1 aromatic rings. The fraction of sp³-hybridized carbons (Fsp3) is 0.533. The molecule has 0 aromatic heterocycles. The zero-order chi connectivity index (χ0) is 14.4. The highest BCUT2D eigenvalue weighted by atomic mass is 35.5. The minimum absolute atomic E-state index is 0. The highest BCUT2D eigenvalue weighted by molar-refractivity contribution is 5.94. The Morgan fingerprint density at radius 2 is 2.33 bits per heavy atom. The molecule has 1 atom stereocenters. The summed E-state index contributed by atoms with van der Waals surface area (Å²) >= 11 is 0. The Hall–Kier alpha value is -1.33. The van der Waals surface area contributed by atoms with Gasteiger partial charge in [-0.2, -0.15) is 0 Å². The molecule has 2 N–H and O–H groups in total. The Morgan fingerprint density at radius 3 is 3.00 bits per heavy atom. The Balaban J connectivity index is 0.00000220. The first-order chi connectivity index (χ1) is 9.70. The Labute approximate surface area is 130 Å². The van der Waals surface area contributed by atoms with Crippen LogP contribution in [-0.2, 0) is 0 Å². The summed E-state index contributed by atoms with van der Waals surface area (Å²) in [6, 6.07) is 4.14. The summed E-state index contributed by atoms with van der Waals surface area (Å²) in [5.41, 5.74) is 0.421. The minimum Gasteiger partial charge on any atom is -0.494 e. The molecule has 0 radical (unpaired) electrons. The van der Waals surface area contributed by atoms with Crippen LogP contribution in [0.15, 0.2) is 18.2 Å². The second-order valence-corrected chi connectivity index (χ2v) is 5.11. The van der Waals surface area contributed by atoms with Crippen molar-refractivity contribution in [2.75, 3.05) is 26.7 Å². The molecule has 0 saturated carbocycles. The third kappa shape index (κ3) is 5.17. The second-order valence-electron chi connectivity index (χ2n) is 5.11. The van der Waals surface area contributed by atoms with Gasteiger partial charge in [0.2, 0.25) is 0 Å². The van der Waals surface area contributed by atoms with E-state index in [-0.39, 0.29) is 24.1 Å². The van der Waals surface area contributed by atoms with Gasteiger partial charge >= 0.3 is 0 Å². The topological polar surface area (TPSA) is 50.4 Å². The van der Waals surface area contributed by atoms with Gasteiger partial charge in [-0.3, -0.25) is 4.79 Å². The number of benzene rings is 1. The van der Waals surface area contributed by atoms with Gasteiger partial charge < -0.3 is 15.4 Å². The van der Waals surface area contributed by atoms with Gasteiger partial charge in [0, 0.05) is 12.1 Å². The molecule has 1 heterocycles. The average molecular weight is 317 g/mol. The molecule has 1 unspecified atom stereocenters. The predicted octanol–water partition coefficient (Wildman–Crippen LogP) is 2.38. The van der Waals surface area contributed by atoms with Gasteiger partial charge in [0.15, 0.2) is 11.6 Å². The van der Waals surface area contributed by atoms with Gasteiger partial charge in [0.1, 0.15) is 0 Å². The largest absolute Gasteiger partial charge is 0.494 e. The van der Waals surface area contributed by atoms with Gasteiger partial charge in [-0.05, 0) is 56.5 Å². The first-order valence-corrected chi connectivity index (χ1v) is 7.03. The van der Waals surface area contributed by atoms with E-state index in [1.54, 1.807) is 0 Å². The molecule has 1 aliphatic heterocycles. The Kier molecular flexibility index (Phi) is 7.47. The summed E-state index contributed by atoms with van der Waals surface area (Å²) in [7, 11) is 1.39. The fourth-order valence-electron chi connectivity index (χ4n) is 2.46. The summed E-state index contributed by atoms with van der Waals surface area (Å²) in [5, 5.41) is 6.23. The van der Waals surface area contributed by atoms with E-state index in [0.717, 1.165) is 19.5 Å². The van der Waals surface area contributed by atoms with Gasteiger partial charge in [0.25, 0.3) is 5.91 Å². The Bertz CT molecular complexity index is 465. The summed E-state index contributed by atoms with van der Waals surface area (Å²) in [4.78, 5) is 12.0. The minimum atomic E-state index is -0.461. The fourth-order valence-corrected chi connectivity index (χ4v) is 2.46. The summed E-state index contributed by atoms with van der Waals surface area (Å²) in [6.07, 6.45) is 3.39. The first-order valence-electron chi connectivity index (χ1n) is 7.03. The smallest absolute Gasteiger partial charge is 0.251 e. The van der Waals surface area contributed by atoms with E-state index >= 15 is 0 Å². The number of carbonyl (C=O) groups is 1. The molecule has 1 aromatic carbocycles. The van der Waals surface area contributed by atoms with E-state index in [1.807, 2.05) is 0 Å². The van der Waals surface area contributed by atoms with E-state index in [9.17, 15) is 9.18 Å². The number of nitrogens with one attached hydrogen (secondary N) is 2. The van der Waals surface area contributed by atoms with Crippen LogP contribution < -0.4 is 15.4 Å². The molecular weight excluding hydrogens is 295 g/mol. The molecule has 1 saturated heterocycles. The van der Waals surface area contributed by atoms with Gasteiger partial charge in [-0.25, -0.2) is 4.39 Å². The number of methoxy groups -OCH3 is 1. The summed E-state index contributed by atoms with van der Waals surface area (Å²) in [6.45, 7) is 2.77. The van der Waals surface area contributed by atoms with Crippen LogP contribution >= 0.6 is 12.4 Å². The zero-order valence-electron chi connectivity index (χ0n) is 12.2. The number of hydrogen-bond donors (Lipinski definition) is 2. The van der Waals surface area contributed by atoms with Crippen LogP contribution in [0.4, 0.5) is 4.39 Å². The maximum absolute atomic E-state index is 13.3. The summed E-state index contributed by atoms with van der Waals surface area (Å²) < 4.78 is 18.1. The van der Waals surface area contributed by atoms with Crippen LogP contribution in [0, 0.1) is 11.7 Å². The highest BCUT2D eigenvalue weighted by Gasteiger charge is 2.14. The SMILES string of the molecule is COc1cc(C(=O)NCCC2CCCNC2)ccc1F.Cl. The van der Waals surface area contributed by atoms with Gasteiger partial charge in [-0.1, -0.05) is 0 Å². The van der Waals surface area contributed by atoms with Gasteiger partial charge in [-0.15, -0.1) is 12.4 Å². The number of ether oxygens (including phenoxy) is 1. The van der Waals surface area contributed by atoms with Crippen LogP contribution in [0.5, 0.6) is 5.75 Å². The molecule has 0 bridgehead atoms. The maximum atomic E-state index is 13.3. The number of halogens is 2. The number of amides is 1. The molecule has 21 heavy (non-hydrogen) atoms. The van der Waals surface area contributed by atoms with E-state index in [2.05, 4.69) is 10.6 Å². The van der Waals surface area contributed by atoms with E-state index < -0.39 is 5.82 Å². The highest BCUT2D eigenvalue weighted by Crippen LogP contribution is 2.18. The maximum Gasteiger partial charge on any atom is 0.251 e. The molecule has 6 heteroatoms. The lowest BCUT2D eigenvalue weighted by molar-refractivity contribution is 0.0950. The van der Waals surface area contributed by atoms with Crippen molar-refractivity contribution in [2.24, 2.45) is 5.92 Å². The van der Waals surface area contributed by atoms with Crippen molar-refractivity contribution in [3.05, 3.63) is 29.6 Å². The van der Waals surface area contributed by atoms with E-state index in [1.165, 1.54) is 38.2 Å². The van der Waals surface area contributed by atoms with Crippen LogP contribution in [0.25, 0.3) is 0 Å². The third-order valence-electron chi connectivity index (χ3n) is 3.65. The zero-order valence-corrected chi connectivity index (χ0v) is 13.0. The third-order valence-corrected chi connectivity index (χ3v) is 3.65. The first kappa shape index (κ1) is 17.7. The monoisotopic (exact) mass is 316 g/mol. The van der Waals surface area contributed by atoms with Crippen LogP contribution in [-0.4, -0.2) is 32.7 Å². The predicted molar refractivity (Wildman–Crippen MR) is 82.7 cm³/mol. The summed E-state index contributed by atoms with van der Waals surface area (Å²) in [5.74, 6) is 0.0744. The van der Waals surface area contributed by atoms with Gasteiger partial charge in [0.05, 0.1) is 7.11 Å². The van der Waals surface area contributed by atoms with Crippen molar-refractivity contribution >= 4 is 18.3 Å². The number of carbonyl (C=O) groups excluding carboxylic acids is 1. The van der Waals surface area contributed by atoms with Crippen molar-refractivity contribution in [3.8, 4) is 5.75 Å². The molecule has 1 amide bonds. The number of piperidine rings is 1. The normalized spacial score (nSPS) is 17.7. The lowest BCUT2D eigenvalue weighted by atomic mass is 9.96. The quantitative estimate of drug-likeness (QED) is 0.877. The standard InChI is InChI=1S/C15H21FN2O2.ClH/c1-20-14-9-12(4-5-13(14)16)15(19)18-8-6-11-3-2-7-17-10-11;/h4-5,9,11,17H,2-3,6-8,10H2,1H3,(H,18,19);1H. The average Bonchev–Trinajstić information content (AvgIpc) is 2.48. The molecule has 0 aliphatic carbocycles. The molecule has 2 rings (SSSR count). The van der Waals surface area contributed by atoms with Crippen molar-refractivity contribution in [1.82, 2.24) is 10.6 Å².